The number of ketones is 2. The van der Waals surface area contributed by atoms with Crippen molar-refractivity contribution in [3.05, 3.63) is 111 Å². The Kier molecular flexibility index (Phi) is 5.15. The molecule has 4 rings (SSSR count). The normalized spacial score (nSPS) is 15.4. The quantitative estimate of drug-likeness (QED) is 0.344. The van der Waals surface area contributed by atoms with E-state index in [0.717, 1.165) is 5.69 Å². The first-order valence-corrected chi connectivity index (χ1v) is 10.0. The van der Waals surface area contributed by atoms with Crippen molar-refractivity contribution in [1.29, 1.82) is 0 Å². The first-order chi connectivity index (χ1) is 14.9. The van der Waals surface area contributed by atoms with Gasteiger partial charge in [-0.1, -0.05) is 66.7 Å². The number of nitro groups is 1. The predicted octanol–water partition coefficient (Wildman–Crippen LogP) is 4.13. The highest BCUT2D eigenvalue weighted by atomic mass is 16.6. The van der Waals surface area contributed by atoms with Crippen LogP contribution in [0.3, 0.4) is 0 Å². The monoisotopic (exact) mass is 414 g/mol. The number of Topliss-reactive ketones (excluding diaryl/α,β-unsaturated/α-hetero) is 2. The molecule has 6 nitrogen and oxygen atoms in total. The summed E-state index contributed by atoms with van der Waals surface area (Å²) in [6, 6.07) is 22.6. The third-order valence-electron chi connectivity index (χ3n) is 6.03. The van der Waals surface area contributed by atoms with Crippen LogP contribution in [0.15, 0.2) is 78.9 Å². The Bertz CT molecular complexity index is 1120. The Balaban J connectivity index is 1.98. The summed E-state index contributed by atoms with van der Waals surface area (Å²) in [7, 11) is 3.80. The molecule has 156 valence electrons. The molecule has 1 unspecified atom stereocenters. The maximum absolute atomic E-state index is 13.8. The summed E-state index contributed by atoms with van der Waals surface area (Å²) in [4.78, 5) is 40.9. The van der Waals surface area contributed by atoms with Gasteiger partial charge < -0.3 is 4.90 Å². The average Bonchev–Trinajstić information content (AvgIpc) is 3.01. The van der Waals surface area contributed by atoms with Crippen molar-refractivity contribution in [1.82, 2.24) is 0 Å². The first-order valence-electron chi connectivity index (χ1n) is 10.0. The number of anilines is 1. The van der Waals surface area contributed by atoms with Crippen LogP contribution in [-0.2, 0) is 5.41 Å². The summed E-state index contributed by atoms with van der Waals surface area (Å²) in [5.41, 5.74) is 0.928. The number of fused-ring (bicyclic) bond motifs is 1. The van der Waals surface area contributed by atoms with Gasteiger partial charge in [-0.15, -0.1) is 0 Å². The number of benzene rings is 3. The van der Waals surface area contributed by atoms with E-state index in [2.05, 4.69) is 0 Å². The van der Waals surface area contributed by atoms with Gasteiger partial charge in [-0.2, -0.15) is 0 Å². The molecule has 0 radical (unpaired) electrons. The molecule has 0 fully saturated rings. The molecule has 0 aromatic heterocycles. The van der Waals surface area contributed by atoms with E-state index in [1.807, 2.05) is 31.1 Å². The van der Waals surface area contributed by atoms with Crippen molar-refractivity contribution in [2.24, 2.45) is 0 Å². The first kappa shape index (κ1) is 20.5. The lowest BCUT2D eigenvalue weighted by Crippen LogP contribution is -2.46. The molecule has 3 aromatic carbocycles. The van der Waals surface area contributed by atoms with Crippen molar-refractivity contribution in [3.8, 4) is 0 Å². The van der Waals surface area contributed by atoms with E-state index in [-0.39, 0.29) is 11.6 Å². The minimum absolute atomic E-state index is 0.314. The van der Waals surface area contributed by atoms with Gasteiger partial charge in [0.25, 0.3) is 0 Å². The molecular formula is C25H22N2O4. The molecule has 0 saturated carbocycles. The topological polar surface area (TPSA) is 80.5 Å². The molecule has 0 amide bonds. The summed E-state index contributed by atoms with van der Waals surface area (Å²) in [6.07, 6.45) is 0. The molecule has 1 aliphatic carbocycles. The highest BCUT2D eigenvalue weighted by Crippen LogP contribution is 2.49. The zero-order valence-electron chi connectivity index (χ0n) is 17.3. The number of nitrogens with zero attached hydrogens (tertiary/aromatic N) is 2. The highest BCUT2D eigenvalue weighted by Gasteiger charge is 2.60. The second kappa shape index (κ2) is 7.80. The van der Waals surface area contributed by atoms with E-state index in [1.165, 1.54) is 0 Å². The molecule has 31 heavy (non-hydrogen) atoms. The molecule has 0 bridgehead atoms. The van der Waals surface area contributed by atoms with Gasteiger partial charge in [0.1, 0.15) is 5.41 Å². The standard InChI is InChI=1S/C25H22N2O4/c1-26(2)19-14-12-17(13-15-19)22(16-27(30)31)25(18-8-4-3-5-9-18)23(28)20-10-6-7-11-21(20)24(25)29/h3-15,22H,16H2,1-2H3. The Morgan fingerprint density at radius 3 is 1.84 bits per heavy atom. The van der Waals surface area contributed by atoms with Crippen molar-refractivity contribution in [3.63, 3.8) is 0 Å². The highest BCUT2D eigenvalue weighted by molar-refractivity contribution is 6.33. The van der Waals surface area contributed by atoms with Crippen molar-refractivity contribution < 1.29 is 14.5 Å². The van der Waals surface area contributed by atoms with Crippen LogP contribution in [0.4, 0.5) is 5.69 Å². The third kappa shape index (κ3) is 3.20. The molecule has 0 heterocycles. The van der Waals surface area contributed by atoms with E-state index < -0.39 is 22.8 Å². The molecule has 3 aromatic rings. The van der Waals surface area contributed by atoms with Gasteiger partial charge in [-0.25, -0.2) is 0 Å². The van der Waals surface area contributed by atoms with E-state index in [0.29, 0.717) is 22.3 Å². The van der Waals surface area contributed by atoms with E-state index in [9.17, 15) is 19.7 Å². The smallest absolute Gasteiger partial charge is 0.212 e. The number of carbonyl (C=O) groups excluding carboxylic acids is 2. The summed E-state index contributed by atoms with van der Waals surface area (Å²) < 4.78 is 0. The fourth-order valence-corrected chi connectivity index (χ4v) is 4.53. The molecule has 0 N–H and O–H groups in total. The molecule has 6 heteroatoms. The van der Waals surface area contributed by atoms with Crippen LogP contribution < -0.4 is 4.90 Å². The Morgan fingerprint density at radius 2 is 1.35 bits per heavy atom. The number of rotatable bonds is 6. The molecule has 0 spiro atoms. The average molecular weight is 414 g/mol. The largest absolute Gasteiger partial charge is 0.378 e. The van der Waals surface area contributed by atoms with Crippen molar-refractivity contribution in [2.75, 3.05) is 25.5 Å². The van der Waals surface area contributed by atoms with E-state index in [1.54, 1.807) is 66.7 Å². The summed E-state index contributed by atoms with van der Waals surface area (Å²) in [5, 5.41) is 11.7. The fourth-order valence-electron chi connectivity index (χ4n) is 4.53. The van der Waals surface area contributed by atoms with Crippen molar-refractivity contribution in [2.45, 2.75) is 11.3 Å². The lowest BCUT2D eigenvalue weighted by atomic mass is 9.64. The van der Waals surface area contributed by atoms with Crippen molar-refractivity contribution >= 4 is 17.3 Å². The number of carbonyl (C=O) groups is 2. The van der Waals surface area contributed by atoms with Crippen LogP contribution in [0, 0.1) is 10.1 Å². The van der Waals surface area contributed by atoms with E-state index >= 15 is 0 Å². The maximum Gasteiger partial charge on any atom is 0.212 e. The van der Waals surface area contributed by atoms with E-state index in [4.69, 9.17) is 0 Å². The fraction of sp³-hybridized carbons (Fsp3) is 0.200. The Morgan fingerprint density at radius 1 is 0.839 bits per heavy atom. The van der Waals surface area contributed by atoms with Crippen LogP contribution in [-0.4, -0.2) is 37.1 Å². The molecule has 1 aliphatic rings. The van der Waals surface area contributed by atoms with Crippen LogP contribution >= 0.6 is 0 Å². The lowest BCUT2D eigenvalue weighted by Gasteiger charge is -2.33. The van der Waals surface area contributed by atoms with Crippen LogP contribution in [0.1, 0.15) is 37.8 Å². The Labute approximate surface area is 180 Å². The SMILES string of the molecule is CN(C)c1ccc(C(C[N+](=O)[O-])C2(c3ccccc3)C(=O)c3ccccc3C2=O)cc1. The van der Waals surface area contributed by atoms with Gasteiger partial charge in [0.05, 0.1) is 5.92 Å². The van der Waals surface area contributed by atoms with Gasteiger partial charge >= 0.3 is 0 Å². The molecule has 0 aliphatic heterocycles. The van der Waals surface area contributed by atoms with Gasteiger partial charge in [-0.05, 0) is 23.3 Å². The van der Waals surface area contributed by atoms with Crippen LogP contribution in [0.2, 0.25) is 0 Å². The summed E-state index contributed by atoms with van der Waals surface area (Å²) >= 11 is 0. The minimum atomic E-state index is -1.68. The zero-order chi connectivity index (χ0) is 22.2. The minimum Gasteiger partial charge on any atom is -0.378 e. The molecule has 1 atom stereocenters. The van der Waals surface area contributed by atoms with Gasteiger partial charge in [0.2, 0.25) is 6.54 Å². The maximum atomic E-state index is 13.8. The summed E-state index contributed by atoms with van der Waals surface area (Å²) in [6.45, 7) is -0.540. The van der Waals surface area contributed by atoms with Gasteiger partial charge in [-0.3, -0.25) is 19.7 Å². The number of hydrogen-bond acceptors (Lipinski definition) is 5. The molecular weight excluding hydrogens is 392 g/mol. The van der Waals surface area contributed by atoms with Gasteiger partial charge in [0.15, 0.2) is 11.6 Å². The zero-order valence-corrected chi connectivity index (χ0v) is 17.3. The third-order valence-corrected chi connectivity index (χ3v) is 6.03. The van der Waals surface area contributed by atoms with Crippen LogP contribution in [0.5, 0.6) is 0 Å². The second-order valence-electron chi connectivity index (χ2n) is 7.93. The summed E-state index contributed by atoms with van der Waals surface area (Å²) in [5.74, 6) is -1.72. The van der Waals surface area contributed by atoms with Crippen LogP contribution in [0.25, 0.3) is 0 Å². The lowest BCUT2D eigenvalue weighted by molar-refractivity contribution is -0.484. The molecule has 0 saturated heterocycles. The predicted molar refractivity (Wildman–Crippen MR) is 119 cm³/mol. The number of hydrogen-bond donors (Lipinski definition) is 0. The van der Waals surface area contributed by atoms with Gasteiger partial charge in [0, 0.05) is 35.8 Å². The second-order valence-corrected chi connectivity index (χ2v) is 7.93. The Hall–Kier alpha value is -3.80.